The van der Waals surface area contributed by atoms with E-state index >= 15 is 0 Å². The highest BCUT2D eigenvalue weighted by molar-refractivity contribution is 6.35. The van der Waals surface area contributed by atoms with Crippen molar-refractivity contribution in [2.45, 2.75) is 50.7 Å². The Bertz CT molecular complexity index is 1910. The van der Waals surface area contributed by atoms with Crippen molar-refractivity contribution >= 4 is 41.0 Å². The molecule has 2 aromatic carbocycles. The van der Waals surface area contributed by atoms with Crippen molar-refractivity contribution < 1.29 is 38.8 Å². The van der Waals surface area contributed by atoms with E-state index in [-0.39, 0.29) is 34.7 Å². The van der Waals surface area contributed by atoms with E-state index in [0.29, 0.717) is 58.9 Å². The zero-order valence-corrected chi connectivity index (χ0v) is 30.3. The van der Waals surface area contributed by atoms with Crippen molar-refractivity contribution in [3.05, 3.63) is 111 Å². The Morgan fingerprint density at radius 2 is 1.81 bits per heavy atom. The lowest BCUT2D eigenvalue weighted by atomic mass is 9.82. The van der Waals surface area contributed by atoms with E-state index in [1.807, 2.05) is 18.2 Å². The van der Waals surface area contributed by atoms with Gasteiger partial charge in [-0.05, 0) is 104 Å². The molecule has 0 radical (unpaired) electrons. The zero-order valence-electron chi connectivity index (χ0n) is 28.8. The number of carboxylic acid groups (broad SMARTS) is 1. The predicted octanol–water partition coefficient (Wildman–Crippen LogP) is 7.02. The van der Waals surface area contributed by atoms with Gasteiger partial charge in [0.1, 0.15) is 16.1 Å². The number of nitrogens with zero attached hydrogens (tertiary/aromatic N) is 4. The van der Waals surface area contributed by atoms with Crippen LogP contribution >= 0.6 is 23.2 Å². The number of hydrogen-bond donors (Lipinski definition) is 2. The van der Waals surface area contributed by atoms with Crippen LogP contribution in [0.2, 0.25) is 10.0 Å². The van der Waals surface area contributed by atoms with Gasteiger partial charge in [0.25, 0.3) is 0 Å². The number of rotatable bonds is 13. The van der Waals surface area contributed by atoms with Crippen LogP contribution in [0.3, 0.4) is 0 Å². The summed E-state index contributed by atoms with van der Waals surface area (Å²) in [5.41, 5.74) is 3.06. The van der Waals surface area contributed by atoms with E-state index in [1.165, 1.54) is 12.4 Å². The number of piperidine rings is 3. The molecule has 0 unspecified atom stereocenters. The van der Waals surface area contributed by atoms with E-state index < -0.39 is 18.0 Å². The number of carbonyl (C=O) groups excluding carboxylic acids is 1. The topological polar surface area (TPSA) is 126 Å². The smallest absolute Gasteiger partial charge is 0.414 e. The number of pyridine rings is 2. The highest BCUT2D eigenvalue weighted by Gasteiger charge is 2.38. The summed E-state index contributed by atoms with van der Waals surface area (Å²) < 4.78 is 18.8. The lowest BCUT2D eigenvalue weighted by molar-refractivity contribution is -0.904. The first-order chi connectivity index (χ1) is 25.2. The SMILES string of the molecule is COc1ccc([C@@H](Cc2c(Cl)c[n+](O)cc2Cl)c2cc(CN(C(=O)O[C@H]3CN4CCC3CC4)c3cccnc3)ccc2C(=O)O)cc1OCC1CC1. The van der Waals surface area contributed by atoms with Gasteiger partial charge in [-0.3, -0.25) is 20.0 Å². The van der Waals surface area contributed by atoms with Gasteiger partial charge in [0, 0.05) is 29.0 Å². The maximum atomic E-state index is 13.9. The molecule has 52 heavy (non-hydrogen) atoms. The third-order valence-corrected chi connectivity index (χ3v) is 11.0. The van der Waals surface area contributed by atoms with Crippen LogP contribution in [0.4, 0.5) is 10.5 Å². The molecular weight excluding hydrogens is 707 g/mol. The van der Waals surface area contributed by atoms with Gasteiger partial charge in [0.15, 0.2) is 11.5 Å². The van der Waals surface area contributed by atoms with Crippen LogP contribution in [-0.2, 0) is 17.7 Å². The number of ether oxygens (including phenoxy) is 3. The number of fused-ring (bicyclic) bond motifs is 3. The summed E-state index contributed by atoms with van der Waals surface area (Å²) in [7, 11) is 1.58. The van der Waals surface area contributed by atoms with Gasteiger partial charge in [-0.25, -0.2) is 9.59 Å². The lowest BCUT2D eigenvalue weighted by Crippen LogP contribution is -2.53. The fourth-order valence-corrected chi connectivity index (χ4v) is 7.86. The van der Waals surface area contributed by atoms with Gasteiger partial charge >= 0.3 is 12.1 Å². The predicted molar refractivity (Wildman–Crippen MR) is 194 cm³/mol. The van der Waals surface area contributed by atoms with Crippen molar-refractivity contribution in [1.82, 2.24) is 9.88 Å². The zero-order chi connectivity index (χ0) is 36.4. The van der Waals surface area contributed by atoms with Crippen molar-refractivity contribution in [2.24, 2.45) is 11.8 Å². The Kier molecular flexibility index (Phi) is 10.7. The van der Waals surface area contributed by atoms with E-state index in [1.54, 1.807) is 54.7 Å². The Labute approximate surface area is 312 Å². The molecule has 2 aromatic heterocycles. The number of anilines is 1. The number of aromatic nitrogens is 2. The molecule has 11 nitrogen and oxygen atoms in total. The third-order valence-electron chi connectivity index (χ3n) is 10.3. The Morgan fingerprint density at radius 3 is 2.44 bits per heavy atom. The minimum Gasteiger partial charge on any atom is -0.493 e. The molecule has 2 N–H and O–H groups in total. The summed E-state index contributed by atoms with van der Waals surface area (Å²) in [6.07, 6.45) is 9.63. The van der Waals surface area contributed by atoms with Gasteiger partial charge in [0.05, 0.1) is 37.7 Å². The van der Waals surface area contributed by atoms with Crippen LogP contribution in [0.1, 0.15) is 64.2 Å². The van der Waals surface area contributed by atoms with E-state index in [0.717, 1.165) is 49.1 Å². The average Bonchev–Trinajstić information content (AvgIpc) is 3.98. The molecule has 0 spiro atoms. The summed E-state index contributed by atoms with van der Waals surface area (Å²) in [6, 6.07) is 14.2. The molecule has 5 heterocycles. The largest absolute Gasteiger partial charge is 0.493 e. The number of hydrogen-bond acceptors (Lipinski definition) is 8. The Morgan fingerprint density at radius 1 is 1.04 bits per heavy atom. The quantitative estimate of drug-likeness (QED) is 0.110. The van der Waals surface area contributed by atoms with Gasteiger partial charge in [-0.1, -0.05) is 41.4 Å². The first-order valence-corrected chi connectivity index (χ1v) is 18.3. The molecule has 2 atom stereocenters. The molecule has 4 aromatic rings. The van der Waals surface area contributed by atoms with Crippen molar-refractivity contribution in [2.75, 3.05) is 38.3 Å². The van der Waals surface area contributed by atoms with Crippen LogP contribution in [0.5, 0.6) is 11.5 Å². The van der Waals surface area contributed by atoms with E-state index in [4.69, 9.17) is 37.4 Å². The van der Waals surface area contributed by atoms with Crippen molar-refractivity contribution in [1.29, 1.82) is 0 Å². The van der Waals surface area contributed by atoms with Crippen LogP contribution in [-0.4, -0.2) is 71.7 Å². The fraction of sp³-hybridized carbons (Fsp3) is 0.385. The second-order valence-corrected chi connectivity index (χ2v) is 14.6. The number of aromatic carboxylic acids is 1. The number of benzene rings is 2. The number of methoxy groups -OCH3 is 1. The molecule has 4 fully saturated rings. The maximum Gasteiger partial charge on any atom is 0.414 e. The highest BCUT2D eigenvalue weighted by Crippen LogP contribution is 2.40. The molecule has 4 aliphatic rings. The molecule has 3 aliphatic heterocycles. The number of halogens is 2. The summed E-state index contributed by atoms with van der Waals surface area (Å²) in [6.45, 7) is 3.40. The molecule has 13 heteroatoms. The van der Waals surface area contributed by atoms with Crippen molar-refractivity contribution in [3.63, 3.8) is 0 Å². The maximum absolute atomic E-state index is 13.9. The van der Waals surface area contributed by atoms with Gasteiger partial charge in [0.2, 0.25) is 12.4 Å². The standard InChI is InChI=1S/C39H40Cl2N4O7/c1-50-35-9-7-27(16-36(35)51-23-24-4-5-24)30(17-32-33(40)20-44(49)21-34(32)41)31-15-25(6-8-29(31)38(46)47)19-45(28-3-2-12-42-18-28)39(48)52-37-22-43-13-10-26(37)11-14-43/h2-3,6-9,12,15-16,18,20-21,24,26,30,37H,4-5,10-11,13-14,17,19,22-23H2,1H3,(H-,46,47,49)/p+1/t30-,37+/m1/s1. The minimum atomic E-state index is -1.12. The number of carbonyl (C=O) groups is 2. The minimum absolute atomic E-state index is 0.0770. The summed E-state index contributed by atoms with van der Waals surface area (Å²) in [4.78, 5) is 34.9. The molecule has 1 saturated carbocycles. The molecular formula is C39H41Cl2N4O7+. The Balaban J connectivity index is 1.28. The Hall–Kier alpha value is -4.58. The van der Waals surface area contributed by atoms with Gasteiger partial charge in [-0.15, -0.1) is 0 Å². The van der Waals surface area contributed by atoms with Crippen LogP contribution in [0, 0.1) is 11.8 Å². The average molecular weight is 749 g/mol. The number of amides is 1. The van der Waals surface area contributed by atoms with Gasteiger partial charge < -0.3 is 19.3 Å². The normalized spacial score (nSPS) is 19.9. The molecule has 1 amide bonds. The highest BCUT2D eigenvalue weighted by atomic mass is 35.5. The molecule has 2 bridgehead atoms. The first kappa shape index (κ1) is 35.8. The van der Waals surface area contributed by atoms with Crippen LogP contribution in [0.15, 0.2) is 73.3 Å². The van der Waals surface area contributed by atoms with E-state index in [2.05, 4.69) is 9.88 Å². The van der Waals surface area contributed by atoms with Crippen LogP contribution in [0.25, 0.3) is 0 Å². The van der Waals surface area contributed by atoms with Crippen LogP contribution < -0.4 is 19.1 Å². The molecule has 8 rings (SSSR count). The third kappa shape index (κ3) is 8.06. The monoisotopic (exact) mass is 747 g/mol. The molecule has 272 valence electrons. The summed E-state index contributed by atoms with van der Waals surface area (Å²) in [5, 5.41) is 21.0. The molecule has 1 aliphatic carbocycles. The number of carboxylic acids is 1. The second-order valence-electron chi connectivity index (χ2n) is 13.8. The summed E-state index contributed by atoms with van der Waals surface area (Å²) >= 11 is 13.3. The van der Waals surface area contributed by atoms with E-state index in [9.17, 15) is 19.9 Å². The molecule has 3 saturated heterocycles. The van der Waals surface area contributed by atoms with Gasteiger partial charge in [-0.2, -0.15) is 0 Å². The first-order valence-electron chi connectivity index (χ1n) is 17.5. The lowest BCUT2D eigenvalue weighted by Gasteiger charge is -2.44. The fourth-order valence-electron chi connectivity index (χ4n) is 7.25. The summed E-state index contributed by atoms with van der Waals surface area (Å²) in [5.74, 6) is 0.200. The second kappa shape index (κ2) is 15.6. The van der Waals surface area contributed by atoms with Crippen molar-refractivity contribution in [3.8, 4) is 11.5 Å².